The molecule has 2 aromatic carbocycles. The Morgan fingerprint density at radius 1 is 1.15 bits per heavy atom. The Kier molecular flexibility index (Phi) is 5.64. The van der Waals surface area contributed by atoms with Gasteiger partial charge in [0.25, 0.3) is 5.69 Å². The van der Waals surface area contributed by atoms with Gasteiger partial charge in [0.1, 0.15) is 12.3 Å². The lowest BCUT2D eigenvalue weighted by molar-refractivity contribution is -0.384. The SMILES string of the molecule is O=C(OCc1c(Cl)cccc1Cl)c1ccc(N2CCCC2)c([N+](=O)[O-])c1. The third kappa shape index (κ3) is 3.92. The molecular formula is C18H16Cl2N2O4. The van der Waals surface area contributed by atoms with Crippen LogP contribution in [-0.4, -0.2) is 24.0 Å². The number of nitro groups is 1. The molecular weight excluding hydrogens is 379 g/mol. The molecule has 0 N–H and O–H groups in total. The summed E-state index contributed by atoms with van der Waals surface area (Å²) in [7, 11) is 0. The second-order valence-electron chi connectivity index (χ2n) is 5.93. The minimum Gasteiger partial charge on any atom is -0.457 e. The topological polar surface area (TPSA) is 72.7 Å². The Hall–Kier alpha value is -2.31. The van der Waals surface area contributed by atoms with E-state index in [1.807, 2.05) is 4.90 Å². The number of hydrogen-bond acceptors (Lipinski definition) is 5. The molecule has 2 aromatic rings. The van der Waals surface area contributed by atoms with Gasteiger partial charge in [-0.05, 0) is 37.1 Å². The molecule has 0 aliphatic carbocycles. The second kappa shape index (κ2) is 7.93. The number of hydrogen-bond donors (Lipinski definition) is 0. The van der Waals surface area contributed by atoms with Crippen molar-refractivity contribution in [3.63, 3.8) is 0 Å². The third-order valence-electron chi connectivity index (χ3n) is 4.26. The molecule has 0 unspecified atom stereocenters. The maximum Gasteiger partial charge on any atom is 0.338 e. The van der Waals surface area contributed by atoms with Gasteiger partial charge < -0.3 is 9.64 Å². The number of carbonyl (C=O) groups is 1. The van der Waals surface area contributed by atoms with Crippen molar-refractivity contribution in [2.75, 3.05) is 18.0 Å². The average molecular weight is 395 g/mol. The Morgan fingerprint density at radius 2 is 1.81 bits per heavy atom. The molecule has 6 nitrogen and oxygen atoms in total. The molecule has 1 aliphatic heterocycles. The Balaban J connectivity index is 1.79. The summed E-state index contributed by atoms with van der Waals surface area (Å²) < 4.78 is 5.23. The number of ether oxygens (including phenoxy) is 1. The van der Waals surface area contributed by atoms with E-state index in [1.165, 1.54) is 12.1 Å². The number of esters is 1. The normalized spacial score (nSPS) is 13.7. The van der Waals surface area contributed by atoms with Crippen LogP contribution in [0.3, 0.4) is 0 Å². The summed E-state index contributed by atoms with van der Waals surface area (Å²) in [5.41, 5.74) is 1.03. The largest absolute Gasteiger partial charge is 0.457 e. The molecule has 3 rings (SSSR count). The highest BCUT2D eigenvalue weighted by Gasteiger charge is 2.24. The number of nitro benzene ring substituents is 1. The average Bonchev–Trinajstić information content (AvgIpc) is 3.15. The van der Waals surface area contributed by atoms with E-state index in [0.29, 0.717) is 21.3 Å². The van der Waals surface area contributed by atoms with E-state index in [4.69, 9.17) is 27.9 Å². The van der Waals surface area contributed by atoms with Gasteiger partial charge in [-0.1, -0.05) is 29.3 Å². The van der Waals surface area contributed by atoms with Crippen molar-refractivity contribution in [2.45, 2.75) is 19.4 Å². The fraction of sp³-hybridized carbons (Fsp3) is 0.278. The van der Waals surface area contributed by atoms with Crippen LogP contribution in [0.5, 0.6) is 0 Å². The molecule has 0 aromatic heterocycles. The lowest BCUT2D eigenvalue weighted by Gasteiger charge is -2.17. The van der Waals surface area contributed by atoms with Gasteiger partial charge in [-0.3, -0.25) is 10.1 Å². The summed E-state index contributed by atoms with van der Waals surface area (Å²) in [5, 5.41) is 12.2. The standard InChI is InChI=1S/C18H16Cl2N2O4/c19-14-4-3-5-15(20)13(14)11-26-18(23)12-6-7-16(17(10-12)22(24)25)21-8-1-2-9-21/h3-7,10H,1-2,8-9,11H2. The van der Waals surface area contributed by atoms with Gasteiger partial charge in [0, 0.05) is 34.8 Å². The zero-order valence-corrected chi connectivity index (χ0v) is 15.3. The second-order valence-corrected chi connectivity index (χ2v) is 6.75. The van der Waals surface area contributed by atoms with Crippen LogP contribution in [0.15, 0.2) is 36.4 Å². The monoisotopic (exact) mass is 394 g/mol. The Morgan fingerprint density at radius 3 is 2.42 bits per heavy atom. The Labute approximate surface area is 160 Å². The predicted octanol–water partition coefficient (Wildman–Crippen LogP) is 4.86. The van der Waals surface area contributed by atoms with Gasteiger partial charge in [0.15, 0.2) is 0 Å². The van der Waals surface area contributed by atoms with Crippen LogP contribution < -0.4 is 4.90 Å². The summed E-state index contributed by atoms with van der Waals surface area (Å²) in [4.78, 5) is 25.2. The highest BCUT2D eigenvalue weighted by Crippen LogP contribution is 2.32. The van der Waals surface area contributed by atoms with E-state index in [9.17, 15) is 14.9 Å². The van der Waals surface area contributed by atoms with Crippen molar-refractivity contribution < 1.29 is 14.5 Å². The maximum atomic E-state index is 12.3. The Bertz CT molecular complexity index is 831. The van der Waals surface area contributed by atoms with E-state index in [0.717, 1.165) is 25.9 Å². The molecule has 0 atom stereocenters. The lowest BCUT2D eigenvalue weighted by atomic mass is 10.1. The third-order valence-corrected chi connectivity index (χ3v) is 4.97. The van der Waals surface area contributed by atoms with Gasteiger partial charge in [-0.2, -0.15) is 0 Å². The molecule has 26 heavy (non-hydrogen) atoms. The molecule has 1 saturated heterocycles. The number of rotatable bonds is 5. The molecule has 0 amide bonds. The van der Waals surface area contributed by atoms with E-state index >= 15 is 0 Å². The summed E-state index contributed by atoms with van der Waals surface area (Å²) in [6.07, 6.45) is 2.00. The first-order chi connectivity index (χ1) is 12.5. The number of anilines is 1. The van der Waals surface area contributed by atoms with Crippen molar-refractivity contribution >= 4 is 40.5 Å². The van der Waals surface area contributed by atoms with Crippen molar-refractivity contribution in [1.82, 2.24) is 0 Å². The van der Waals surface area contributed by atoms with Gasteiger partial charge in [-0.25, -0.2) is 4.79 Å². The highest BCUT2D eigenvalue weighted by atomic mass is 35.5. The first kappa shape index (κ1) is 18.5. The number of benzene rings is 2. The molecule has 0 saturated carbocycles. The van der Waals surface area contributed by atoms with Crippen LogP contribution >= 0.6 is 23.2 Å². The molecule has 0 radical (unpaired) electrons. The minimum atomic E-state index is -0.669. The van der Waals surface area contributed by atoms with E-state index in [-0.39, 0.29) is 17.9 Å². The maximum absolute atomic E-state index is 12.3. The summed E-state index contributed by atoms with van der Waals surface area (Å²) in [5.74, 6) is -0.669. The van der Waals surface area contributed by atoms with Gasteiger partial charge in [-0.15, -0.1) is 0 Å². The number of halogens is 2. The van der Waals surface area contributed by atoms with E-state index in [1.54, 1.807) is 24.3 Å². The van der Waals surface area contributed by atoms with Crippen LogP contribution in [0.2, 0.25) is 10.0 Å². The zero-order valence-electron chi connectivity index (χ0n) is 13.8. The molecule has 0 spiro atoms. The molecule has 136 valence electrons. The zero-order chi connectivity index (χ0) is 18.7. The minimum absolute atomic E-state index is 0.0999. The number of carbonyl (C=O) groups excluding carboxylic acids is 1. The molecule has 1 heterocycles. The molecule has 1 aliphatic rings. The van der Waals surface area contributed by atoms with Crippen LogP contribution in [-0.2, 0) is 11.3 Å². The van der Waals surface area contributed by atoms with Gasteiger partial charge >= 0.3 is 5.97 Å². The van der Waals surface area contributed by atoms with Crippen LogP contribution in [0.1, 0.15) is 28.8 Å². The van der Waals surface area contributed by atoms with Crippen LogP contribution in [0.4, 0.5) is 11.4 Å². The first-order valence-corrected chi connectivity index (χ1v) is 8.86. The summed E-state index contributed by atoms with van der Waals surface area (Å²) >= 11 is 12.1. The molecule has 1 fully saturated rings. The van der Waals surface area contributed by atoms with Gasteiger partial charge in [0.2, 0.25) is 0 Å². The van der Waals surface area contributed by atoms with Crippen LogP contribution in [0, 0.1) is 10.1 Å². The smallest absolute Gasteiger partial charge is 0.338 e. The fourth-order valence-electron chi connectivity index (χ4n) is 2.91. The van der Waals surface area contributed by atoms with E-state index < -0.39 is 10.9 Å². The summed E-state index contributed by atoms with van der Waals surface area (Å²) in [6, 6.07) is 9.37. The predicted molar refractivity (Wildman–Crippen MR) is 100 cm³/mol. The lowest BCUT2D eigenvalue weighted by Crippen LogP contribution is -2.19. The quantitative estimate of drug-likeness (QED) is 0.411. The van der Waals surface area contributed by atoms with Crippen molar-refractivity contribution in [3.8, 4) is 0 Å². The van der Waals surface area contributed by atoms with E-state index in [2.05, 4.69) is 0 Å². The van der Waals surface area contributed by atoms with Gasteiger partial charge in [0.05, 0.1) is 10.5 Å². The van der Waals surface area contributed by atoms with Crippen molar-refractivity contribution in [1.29, 1.82) is 0 Å². The first-order valence-electron chi connectivity index (χ1n) is 8.11. The fourth-order valence-corrected chi connectivity index (χ4v) is 3.42. The van der Waals surface area contributed by atoms with Crippen molar-refractivity contribution in [2.24, 2.45) is 0 Å². The summed E-state index contributed by atoms with van der Waals surface area (Å²) in [6.45, 7) is 1.43. The van der Waals surface area contributed by atoms with Crippen molar-refractivity contribution in [3.05, 3.63) is 67.7 Å². The number of nitrogens with zero attached hydrogens (tertiary/aromatic N) is 2. The molecule has 8 heteroatoms. The van der Waals surface area contributed by atoms with Crippen LogP contribution in [0.25, 0.3) is 0 Å². The highest BCUT2D eigenvalue weighted by molar-refractivity contribution is 6.35. The molecule has 0 bridgehead atoms.